The summed E-state index contributed by atoms with van der Waals surface area (Å²) in [6, 6.07) is 9.29. The van der Waals surface area contributed by atoms with Crippen LogP contribution in [0.4, 0.5) is 11.4 Å². The molecular formula is C37H44ClN2O11S3+. The van der Waals surface area contributed by atoms with Crippen LogP contribution in [0.15, 0.2) is 87.5 Å². The minimum absolute atomic E-state index is 0.163. The van der Waals surface area contributed by atoms with Crippen LogP contribution in [-0.2, 0) is 42.2 Å². The van der Waals surface area contributed by atoms with Gasteiger partial charge in [-0.1, -0.05) is 23.8 Å². The lowest BCUT2D eigenvalue weighted by Crippen LogP contribution is -2.28. The number of benzene rings is 2. The standard InChI is InChI=1S/C37H43ClN2O11S3/c1-37(2)31-24-30(54(49,50)51)14-16-33(31)40(19-4-6-21-53(46,47)48)34(37)17-12-26-9-7-8-25(35(26)38)10-13-29-23-28-22-27(36(41)42)11-15-32(28)39(29)18-3-5-20-52(43,44)45/h10-17,22,24H,3-9,18-21,23H2,1-2H3,(H3-,41,42,43,44,45,46,47,48,49,50,51)/p+1. The molecular weight excluding hydrogens is 780 g/mol. The highest BCUT2D eigenvalue weighted by atomic mass is 35.5. The number of fused-ring (bicyclic) bond motifs is 2. The average molecular weight is 824 g/mol. The van der Waals surface area contributed by atoms with Gasteiger partial charge in [0.05, 0.1) is 27.4 Å². The number of carboxylic acids is 1. The Hall–Kier alpha value is -3.64. The van der Waals surface area contributed by atoms with Crippen LogP contribution in [-0.4, -0.2) is 84.9 Å². The number of anilines is 1. The van der Waals surface area contributed by atoms with Gasteiger partial charge >= 0.3 is 5.97 Å². The molecule has 0 saturated carbocycles. The molecule has 0 amide bonds. The van der Waals surface area contributed by atoms with Crippen molar-refractivity contribution in [2.45, 2.75) is 75.5 Å². The number of nitrogens with zero attached hydrogens (tertiary/aromatic N) is 2. The fourth-order valence-corrected chi connectivity index (χ4v) is 9.19. The molecule has 4 N–H and O–H groups in total. The summed E-state index contributed by atoms with van der Waals surface area (Å²) in [6.45, 7) is 4.69. The van der Waals surface area contributed by atoms with E-state index in [1.807, 2.05) is 47.6 Å². The number of halogens is 1. The first-order chi connectivity index (χ1) is 25.2. The van der Waals surface area contributed by atoms with Crippen molar-refractivity contribution >= 4 is 65.0 Å². The maximum Gasteiger partial charge on any atom is 0.335 e. The topological polar surface area (TPSA) is 207 Å². The summed E-state index contributed by atoms with van der Waals surface area (Å²) in [4.78, 5) is 13.4. The van der Waals surface area contributed by atoms with Gasteiger partial charge in [-0.15, -0.1) is 0 Å². The predicted octanol–water partition coefficient (Wildman–Crippen LogP) is 6.45. The molecule has 3 aliphatic rings. The number of aromatic carboxylic acids is 1. The number of hydrogen-bond donors (Lipinski definition) is 4. The summed E-state index contributed by atoms with van der Waals surface area (Å²) in [6.07, 6.45) is 11.8. The Kier molecular flexibility index (Phi) is 12.5. The molecule has 292 valence electrons. The fourth-order valence-electron chi connectivity index (χ4n) is 7.23. The molecule has 0 saturated heterocycles. The minimum atomic E-state index is -4.47. The molecule has 0 atom stereocenters. The second-order valence-electron chi connectivity index (χ2n) is 14.2. The molecule has 0 aromatic heterocycles. The van der Waals surface area contributed by atoms with Gasteiger partial charge in [-0.25, -0.2) is 4.79 Å². The van der Waals surface area contributed by atoms with Crippen LogP contribution < -0.4 is 4.90 Å². The van der Waals surface area contributed by atoms with Crippen molar-refractivity contribution in [1.29, 1.82) is 0 Å². The van der Waals surface area contributed by atoms with Gasteiger partial charge in [-0.3, -0.25) is 13.7 Å². The first-order valence-corrected chi connectivity index (χ1v) is 22.5. The molecule has 2 aromatic rings. The number of allylic oxidation sites excluding steroid dienone is 8. The van der Waals surface area contributed by atoms with E-state index in [2.05, 4.69) is 0 Å². The van der Waals surface area contributed by atoms with Crippen molar-refractivity contribution in [3.8, 4) is 0 Å². The minimum Gasteiger partial charge on any atom is -0.478 e. The van der Waals surface area contributed by atoms with Crippen LogP contribution >= 0.6 is 11.6 Å². The van der Waals surface area contributed by atoms with E-state index in [1.54, 1.807) is 18.2 Å². The van der Waals surface area contributed by atoms with E-state index >= 15 is 0 Å². The second kappa shape index (κ2) is 16.2. The highest BCUT2D eigenvalue weighted by molar-refractivity contribution is 7.86. The zero-order chi connectivity index (χ0) is 39.6. The van der Waals surface area contributed by atoms with Crippen LogP contribution in [0.3, 0.4) is 0 Å². The van der Waals surface area contributed by atoms with Gasteiger partial charge in [-0.2, -0.15) is 29.8 Å². The smallest absolute Gasteiger partial charge is 0.335 e. The molecule has 17 heteroatoms. The Morgan fingerprint density at radius 1 is 0.889 bits per heavy atom. The quantitative estimate of drug-likeness (QED) is 0.0869. The van der Waals surface area contributed by atoms with E-state index in [0.717, 1.165) is 40.2 Å². The first kappa shape index (κ1) is 41.5. The Labute approximate surface area is 321 Å². The predicted molar refractivity (Wildman–Crippen MR) is 207 cm³/mol. The summed E-state index contributed by atoms with van der Waals surface area (Å²) in [5.41, 5.74) is 5.93. The summed E-state index contributed by atoms with van der Waals surface area (Å²) >= 11 is 7.03. The van der Waals surface area contributed by atoms with Crippen molar-refractivity contribution in [2.24, 2.45) is 0 Å². The van der Waals surface area contributed by atoms with Gasteiger partial charge in [0.15, 0.2) is 5.71 Å². The molecule has 0 bridgehead atoms. The first-order valence-electron chi connectivity index (χ1n) is 17.4. The lowest BCUT2D eigenvalue weighted by Gasteiger charge is -2.22. The molecule has 1 aliphatic carbocycles. The van der Waals surface area contributed by atoms with Crippen molar-refractivity contribution in [1.82, 2.24) is 0 Å². The number of rotatable bonds is 15. The Bertz CT molecular complexity index is 2340. The Balaban J connectivity index is 1.46. The summed E-state index contributed by atoms with van der Waals surface area (Å²) in [7, 11) is -12.7. The summed E-state index contributed by atoms with van der Waals surface area (Å²) in [5, 5.41) is 10.1. The fraction of sp³-hybridized carbons (Fsp3) is 0.405. The third kappa shape index (κ3) is 9.96. The lowest BCUT2D eigenvalue weighted by molar-refractivity contribution is -0.438. The molecule has 5 rings (SSSR count). The third-order valence-corrected chi connectivity index (χ3v) is 12.9. The van der Waals surface area contributed by atoms with Crippen molar-refractivity contribution < 1.29 is 53.4 Å². The molecule has 13 nitrogen and oxygen atoms in total. The van der Waals surface area contributed by atoms with Crippen molar-refractivity contribution in [2.75, 3.05) is 29.5 Å². The summed E-state index contributed by atoms with van der Waals surface area (Å²) < 4.78 is 99.4. The molecule has 54 heavy (non-hydrogen) atoms. The van der Waals surface area contributed by atoms with Crippen LogP contribution in [0.5, 0.6) is 0 Å². The van der Waals surface area contributed by atoms with Gasteiger partial charge in [0, 0.05) is 53.5 Å². The van der Waals surface area contributed by atoms with Crippen LogP contribution in [0.1, 0.15) is 80.3 Å². The summed E-state index contributed by atoms with van der Waals surface area (Å²) in [5.74, 6) is -1.78. The van der Waals surface area contributed by atoms with E-state index in [9.17, 15) is 44.3 Å². The molecule has 2 aliphatic heterocycles. The Morgan fingerprint density at radius 2 is 1.57 bits per heavy atom. The lowest BCUT2D eigenvalue weighted by atomic mass is 9.81. The van der Waals surface area contributed by atoms with Gasteiger partial charge in [-0.05, 0) is 105 Å². The maximum atomic E-state index is 12.0. The molecule has 0 unspecified atom stereocenters. The van der Waals surface area contributed by atoms with Gasteiger partial charge in [0.25, 0.3) is 30.4 Å². The third-order valence-electron chi connectivity index (χ3n) is 9.94. The van der Waals surface area contributed by atoms with E-state index < -0.39 is 41.7 Å². The zero-order valence-corrected chi connectivity index (χ0v) is 33.1. The average Bonchev–Trinajstić information content (AvgIpc) is 3.52. The molecule has 0 fully saturated rings. The SMILES string of the molecule is CC1(C)C(/C=C/C2=C(Cl)C(=C/C=C3\Cc4cc(C(=O)O)ccc4N3CCCCS(=O)(=O)O)/CCC2)=[N+](CCCCS(=O)(=O)O)c2ccc(S(=O)(=O)O)cc21. The van der Waals surface area contributed by atoms with E-state index in [1.165, 1.54) is 18.2 Å². The molecule has 0 spiro atoms. The largest absolute Gasteiger partial charge is 0.478 e. The van der Waals surface area contributed by atoms with Crippen molar-refractivity contribution in [3.63, 3.8) is 0 Å². The zero-order valence-electron chi connectivity index (χ0n) is 29.9. The number of unbranched alkanes of at least 4 members (excludes halogenated alkanes) is 2. The van der Waals surface area contributed by atoms with Crippen LogP contribution in [0.25, 0.3) is 0 Å². The van der Waals surface area contributed by atoms with E-state index in [0.29, 0.717) is 61.5 Å². The molecule has 2 aromatic carbocycles. The number of hydrogen-bond acceptors (Lipinski definition) is 8. The van der Waals surface area contributed by atoms with Crippen LogP contribution in [0.2, 0.25) is 0 Å². The normalized spacial score (nSPS) is 19.0. The number of carbonyl (C=O) groups is 1. The van der Waals surface area contributed by atoms with Gasteiger partial charge < -0.3 is 10.0 Å². The van der Waals surface area contributed by atoms with Crippen LogP contribution in [0, 0.1) is 0 Å². The second-order valence-corrected chi connectivity index (χ2v) is 19.1. The number of carboxylic acid groups (broad SMARTS) is 1. The van der Waals surface area contributed by atoms with Crippen molar-refractivity contribution in [3.05, 3.63) is 99.3 Å². The highest BCUT2D eigenvalue weighted by Crippen LogP contribution is 2.42. The van der Waals surface area contributed by atoms with E-state index in [-0.39, 0.29) is 34.8 Å². The highest BCUT2D eigenvalue weighted by Gasteiger charge is 2.45. The van der Waals surface area contributed by atoms with Gasteiger partial charge in [0.1, 0.15) is 6.54 Å². The monoisotopic (exact) mass is 823 g/mol. The Morgan fingerprint density at radius 3 is 2.22 bits per heavy atom. The molecule has 2 heterocycles. The molecule has 0 radical (unpaired) electrons. The van der Waals surface area contributed by atoms with Gasteiger partial charge in [0.2, 0.25) is 5.69 Å². The van der Waals surface area contributed by atoms with E-state index in [4.69, 9.17) is 16.2 Å². The maximum absolute atomic E-state index is 12.0.